The van der Waals surface area contributed by atoms with Gasteiger partial charge in [-0.15, -0.1) is 0 Å². The highest BCUT2D eigenvalue weighted by Gasteiger charge is 2.53. The predicted octanol–water partition coefficient (Wildman–Crippen LogP) is 3.46. The number of alkyl carbamates (subject to hydrolysis) is 1. The van der Waals surface area contributed by atoms with E-state index >= 15 is 0 Å². The average Bonchev–Trinajstić information content (AvgIpc) is 3.60. The summed E-state index contributed by atoms with van der Waals surface area (Å²) in [5, 5.41) is 2.85. The third-order valence-electron chi connectivity index (χ3n) is 9.39. The molecule has 4 heterocycles. The minimum absolute atomic E-state index is 0.128. The maximum atomic E-state index is 14.1. The summed E-state index contributed by atoms with van der Waals surface area (Å²) in [7, 11) is 1.61. The number of carbonyl (C=O) groups excluding carboxylic acids is 3. The molecule has 0 spiro atoms. The summed E-state index contributed by atoms with van der Waals surface area (Å²) in [5.41, 5.74) is 1.58. The first-order chi connectivity index (χ1) is 20.3. The number of amides is 2. The van der Waals surface area contributed by atoms with Gasteiger partial charge in [0.1, 0.15) is 36.0 Å². The number of nitrogens with one attached hydrogen (secondary N) is 1. The van der Waals surface area contributed by atoms with E-state index in [1.165, 1.54) is 0 Å². The zero-order valence-electron chi connectivity index (χ0n) is 24.5. The Bertz CT molecular complexity index is 1350. The second-order valence-electron chi connectivity index (χ2n) is 12.4. The largest absolute Gasteiger partial charge is 0.497 e. The molecule has 3 fully saturated rings. The number of fused-ring (bicyclic) bond motifs is 5. The number of aldehydes is 1. The van der Waals surface area contributed by atoms with Crippen molar-refractivity contribution in [3.63, 3.8) is 0 Å². The molecule has 42 heavy (non-hydrogen) atoms. The second kappa shape index (κ2) is 11.7. The Kier molecular flexibility index (Phi) is 7.95. The molecule has 1 N–H and O–H groups in total. The van der Waals surface area contributed by atoms with Gasteiger partial charge in [-0.2, -0.15) is 0 Å². The fourth-order valence-electron chi connectivity index (χ4n) is 6.65. The van der Waals surface area contributed by atoms with Crippen molar-refractivity contribution < 1.29 is 33.3 Å². The average molecular weight is 581 g/mol. The smallest absolute Gasteiger partial charge is 0.408 e. The summed E-state index contributed by atoms with van der Waals surface area (Å²) in [6.07, 6.45) is 5.69. The van der Waals surface area contributed by atoms with Crippen LogP contribution < -0.4 is 14.8 Å². The lowest BCUT2D eigenvalue weighted by Crippen LogP contribution is -2.63. The first-order valence-corrected chi connectivity index (χ1v) is 15.2. The molecule has 226 valence electrons. The van der Waals surface area contributed by atoms with Crippen molar-refractivity contribution in [2.45, 2.75) is 83.1 Å². The van der Waals surface area contributed by atoms with E-state index < -0.39 is 29.7 Å². The molecule has 4 aliphatic rings. The molecule has 2 amide bonds. The van der Waals surface area contributed by atoms with Crippen LogP contribution in [0.1, 0.15) is 58.1 Å². The fourth-order valence-corrected chi connectivity index (χ4v) is 6.65. The number of rotatable bonds is 4. The Labute approximate surface area is 245 Å². The van der Waals surface area contributed by atoms with Crippen LogP contribution in [0.4, 0.5) is 4.79 Å². The fraction of sp³-hybridized carbons (Fsp3) is 0.645. The Morgan fingerprint density at radius 2 is 1.95 bits per heavy atom. The van der Waals surface area contributed by atoms with E-state index in [9.17, 15) is 14.4 Å². The van der Waals surface area contributed by atoms with Gasteiger partial charge in [-0.25, -0.2) is 14.8 Å². The van der Waals surface area contributed by atoms with E-state index in [1.54, 1.807) is 12.0 Å². The van der Waals surface area contributed by atoms with E-state index in [-0.39, 0.29) is 24.5 Å². The number of ether oxygens (including phenoxy) is 4. The van der Waals surface area contributed by atoms with E-state index in [1.807, 2.05) is 32.0 Å². The number of carbonyl (C=O) groups is 3. The molecule has 11 nitrogen and oxygen atoms in total. The van der Waals surface area contributed by atoms with Gasteiger partial charge in [-0.1, -0.05) is 26.7 Å². The zero-order chi connectivity index (χ0) is 29.4. The molecule has 1 aliphatic carbocycles. The van der Waals surface area contributed by atoms with Crippen molar-refractivity contribution in [2.24, 2.45) is 17.3 Å². The third kappa shape index (κ3) is 5.50. The maximum Gasteiger partial charge on any atom is 0.408 e. The minimum atomic E-state index is -0.892. The van der Waals surface area contributed by atoms with Crippen LogP contribution in [0.5, 0.6) is 11.6 Å². The van der Waals surface area contributed by atoms with E-state index in [0.717, 1.165) is 49.6 Å². The monoisotopic (exact) mass is 580 g/mol. The van der Waals surface area contributed by atoms with Crippen LogP contribution in [0.15, 0.2) is 18.2 Å². The van der Waals surface area contributed by atoms with Gasteiger partial charge < -0.3 is 34.0 Å². The third-order valence-corrected chi connectivity index (χ3v) is 9.39. The van der Waals surface area contributed by atoms with Gasteiger partial charge in [0.25, 0.3) is 0 Å². The van der Waals surface area contributed by atoms with Gasteiger partial charge in [0, 0.05) is 17.4 Å². The van der Waals surface area contributed by atoms with Gasteiger partial charge >= 0.3 is 6.09 Å². The molecule has 1 aromatic carbocycles. The molecule has 2 bridgehead atoms. The van der Waals surface area contributed by atoms with Crippen LogP contribution in [0.3, 0.4) is 0 Å². The SMILES string of the molecule is CC[C@@H]1[C@@H]2CN(C(=O)[C@H](C3(C)COC3)NC(=O)O[C@@H]3C[C@H]3CCCCCc3nc4ccc(OC)cc4nc3O2)[C@@H]1C=O. The molecule has 0 unspecified atom stereocenters. The Morgan fingerprint density at radius 1 is 1.12 bits per heavy atom. The van der Waals surface area contributed by atoms with Crippen molar-refractivity contribution in [3.05, 3.63) is 23.9 Å². The molecule has 3 aliphatic heterocycles. The van der Waals surface area contributed by atoms with E-state index in [4.69, 9.17) is 28.9 Å². The summed E-state index contributed by atoms with van der Waals surface area (Å²) < 4.78 is 23.2. The second-order valence-corrected chi connectivity index (χ2v) is 12.4. The summed E-state index contributed by atoms with van der Waals surface area (Å²) in [4.78, 5) is 50.9. The highest BCUT2D eigenvalue weighted by molar-refractivity contribution is 5.89. The number of hydrogen-bond acceptors (Lipinski definition) is 9. The highest BCUT2D eigenvalue weighted by Crippen LogP contribution is 2.40. The zero-order valence-corrected chi connectivity index (χ0v) is 24.5. The molecular weight excluding hydrogens is 540 g/mol. The van der Waals surface area contributed by atoms with Crippen LogP contribution in [0.25, 0.3) is 11.0 Å². The lowest BCUT2D eigenvalue weighted by Gasteiger charge is -2.44. The van der Waals surface area contributed by atoms with Crippen LogP contribution >= 0.6 is 0 Å². The quantitative estimate of drug-likeness (QED) is 0.541. The van der Waals surface area contributed by atoms with E-state index in [2.05, 4.69) is 5.32 Å². The maximum absolute atomic E-state index is 14.1. The molecule has 2 aromatic rings. The van der Waals surface area contributed by atoms with Crippen molar-refractivity contribution in [1.29, 1.82) is 0 Å². The van der Waals surface area contributed by atoms with Crippen molar-refractivity contribution in [3.8, 4) is 11.6 Å². The van der Waals surface area contributed by atoms with Crippen LogP contribution in [0.2, 0.25) is 0 Å². The van der Waals surface area contributed by atoms with Gasteiger partial charge in [-0.05, 0) is 50.2 Å². The van der Waals surface area contributed by atoms with Gasteiger partial charge in [0.2, 0.25) is 11.8 Å². The van der Waals surface area contributed by atoms with Crippen molar-refractivity contribution in [2.75, 3.05) is 26.9 Å². The standard InChI is InChI=1S/C31H40N4O7/c1-4-20-24(15-36)35-14-26(20)41-28-22(32-21-11-10-19(39-3)13-23(21)33-28)9-7-5-6-8-18-12-25(18)42-30(38)34-27(29(35)37)31(2)16-40-17-31/h10-11,13,15,18,20,24-27H,4-9,12,14,16-17H2,1-3H3,(H,34,38)/t18-,20+,24-,25-,26+,27-/m1/s1. The first kappa shape index (κ1) is 28.6. The van der Waals surface area contributed by atoms with Gasteiger partial charge in [-0.3, -0.25) is 4.79 Å². The summed E-state index contributed by atoms with van der Waals surface area (Å²) in [6, 6.07) is 3.99. The molecule has 0 radical (unpaired) electrons. The molecular formula is C31H40N4O7. The lowest BCUT2D eigenvalue weighted by molar-refractivity contribution is -0.157. The van der Waals surface area contributed by atoms with Crippen molar-refractivity contribution >= 4 is 29.3 Å². The molecule has 1 aromatic heterocycles. The van der Waals surface area contributed by atoms with E-state index in [0.29, 0.717) is 49.1 Å². The predicted molar refractivity (Wildman–Crippen MR) is 152 cm³/mol. The molecule has 1 saturated carbocycles. The van der Waals surface area contributed by atoms with Crippen LogP contribution in [-0.4, -0.2) is 84.3 Å². The number of benzene rings is 1. The summed E-state index contributed by atoms with van der Waals surface area (Å²) in [5.74, 6) is 0.854. The van der Waals surface area contributed by atoms with Crippen molar-refractivity contribution in [1.82, 2.24) is 20.2 Å². The Morgan fingerprint density at radius 3 is 2.67 bits per heavy atom. The number of methoxy groups -OCH3 is 1. The molecule has 11 heteroatoms. The highest BCUT2D eigenvalue weighted by atomic mass is 16.6. The molecule has 6 atom stereocenters. The minimum Gasteiger partial charge on any atom is -0.497 e. The number of hydrogen-bond donors (Lipinski definition) is 1. The van der Waals surface area contributed by atoms with Gasteiger partial charge in [0.05, 0.1) is 43.9 Å². The Balaban J connectivity index is 1.35. The molecule has 6 rings (SSSR count). The number of aromatic nitrogens is 2. The lowest BCUT2D eigenvalue weighted by atomic mass is 9.79. The summed E-state index contributed by atoms with van der Waals surface area (Å²) >= 11 is 0. The first-order valence-electron chi connectivity index (χ1n) is 15.2. The van der Waals surface area contributed by atoms with Crippen LogP contribution in [-0.2, 0) is 25.5 Å². The molecule has 2 saturated heterocycles. The normalized spacial score (nSPS) is 31.3. The van der Waals surface area contributed by atoms with Crippen LogP contribution in [0, 0.1) is 17.3 Å². The topological polar surface area (TPSA) is 129 Å². The van der Waals surface area contributed by atoms with Gasteiger partial charge in [0.15, 0.2) is 0 Å². The Hall–Kier alpha value is -3.47. The number of aryl methyl sites for hydroxylation is 1. The number of nitrogens with zero attached hydrogens (tertiary/aromatic N) is 3. The summed E-state index contributed by atoms with van der Waals surface area (Å²) in [6.45, 7) is 4.73.